The minimum atomic E-state index is -1.30. The average Bonchev–Trinajstić information content (AvgIpc) is 3.09. The topological polar surface area (TPSA) is 110 Å². The van der Waals surface area contributed by atoms with Crippen LogP contribution >= 0.6 is 0 Å². The Balaban J connectivity index is 3.92. The van der Waals surface area contributed by atoms with E-state index in [0.717, 1.165) is 70.6 Å². The van der Waals surface area contributed by atoms with Crippen LogP contribution in [0.25, 0.3) is 0 Å². The summed E-state index contributed by atoms with van der Waals surface area (Å²) >= 11 is 0. The normalized spacial score (nSPS) is 15.0. The third kappa shape index (κ3) is 30.1. The molecule has 0 aliphatic heterocycles. The van der Waals surface area contributed by atoms with Crippen molar-refractivity contribution in [3.05, 3.63) is 60.8 Å². The van der Waals surface area contributed by atoms with Crippen LogP contribution in [0.3, 0.4) is 0 Å². The molecular formula is C42H75NO5. The Kier molecular flexibility index (Phi) is 34.8. The highest BCUT2D eigenvalue weighted by Crippen LogP contribution is 2.13. The number of carbonyl (C=O) groups is 1. The molecule has 4 atom stereocenters. The highest BCUT2D eigenvalue weighted by atomic mass is 16.3. The number of allylic oxidation sites excluding steroid dienone is 10. The van der Waals surface area contributed by atoms with Gasteiger partial charge in [-0.1, -0.05) is 132 Å². The summed E-state index contributed by atoms with van der Waals surface area (Å²) in [5.41, 5.74) is 0. The molecular weight excluding hydrogens is 598 g/mol. The molecule has 0 heterocycles. The Bertz CT molecular complexity index is 849. The molecule has 6 nitrogen and oxygen atoms in total. The number of aliphatic hydroxyl groups is 4. The summed E-state index contributed by atoms with van der Waals surface area (Å²) in [5, 5.41) is 43.5. The van der Waals surface area contributed by atoms with Crippen LogP contribution in [0.1, 0.15) is 168 Å². The van der Waals surface area contributed by atoms with E-state index in [-0.39, 0.29) is 0 Å². The van der Waals surface area contributed by atoms with Crippen LogP contribution in [0, 0.1) is 0 Å². The maximum atomic E-state index is 12.5. The predicted octanol–water partition coefficient (Wildman–Crippen LogP) is 9.73. The Morgan fingerprint density at radius 1 is 0.521 bits per heavy atom. The minimum Gasteiger partial charge on any atom is -0.394 e. The fourth-order valence-electron chi connectivity index (χ4n) is 5.46. The van der Waals surface area contributed by atoms with Crippen LogP contribution < -0.4 is 5.32 Å². The molecule has 0 saturated heterocycles. The standard InChI is InChI=1S/C42H75NO5/c1-3-5-7-9-11-13-15-17-19-21-23-25-27-29-31-33-35-39(45)41(47)38(37-44)43-42(48)40(46)36-34-32-30-28-26-24-22-20-18-16-14-12-10-8-6-4-2/h11-14,18-21,27,29,38-41,44-47H,3-10,15-17,22-26,28,30-37H2,1-2H3,(H,43,48)/b13-11+,14-12-,20-18-,21-19+,29-27+. The van der Waals surface area contributed by atoms with Gasteiger partial charge in [-0.3, -0.25) is 4.79 Å². The van der Waals surface area contributed by atoms with Crippen LogP contribution in [0.5, 0.6) is 0 Å². The van der Waals surface area contributed by atoms with E-state index in [2.05, 4.69) is 79.9 Å². The number of amides is 1. The van der Waals surface area contributed by atoms with Gasteiger partial charge in [0.25, 0.3) is 0 Å². The zero-order chi connectivity index (χ0) is 35.3. The SMILES string of the molecule is CCCCC/C=C\C/C=C\CCCCCCCCC(O)C(=O)NC(CO)C(O)C(O)CCC/C=C/CC/C=C/CC/C=C/CCCCC. The highest BCUT2D eigenvalue weighted by Gasteiger charge is 2.28. The molecule has 0 aromatic heterocycles. The van der Waals surface area contributed by atoms with Gasteiger partial charge in [-0.05, 0) is 96.3 Å². The summed E-state index contributed by atoms with van der Waals surface area (Å²) in [4.78, 5) is 12.5. The van der Waals surface area contributed by atoms with Gasteiger partial charge in [0.2, 0.25) is 5.91 Å². The fourth-order valence-corrected chi connectivity index (χ4v) is 5.46. The van der Waals surface area contributed by atoms with E-state index in [9.17, 15) is 25.2 Å². The molecule has 1 amide bonds. The lowest BCUT2D eigenvalue weighted by Crippen LogP contribution is -2.53. The molecule has 0 radical (unpaired) electrons. The van der Waals surface area contributed by atoms with Crippen LogP contribution in [0.2, 0.25) is 0 Å². The molecule has 0 aromatic carbocycles. The van der Waals surface area contributed by atoms with Crippen LogP contribution in [0.15, 0.2) is 60.8 Å². The summed E-state index contributed by atoms with van der Waals surface area (Å²) < 4.78 is 0. The van der Waals surface area contributed by atoms with Crippen molar-refractivity contribution in [2.75, 3.05) is 6.61 Å². The molecule has 48 heavy (non-hydrogen) atoms. The maximum absolute atomic E-state index is 12.5. The molecule has 5 N–H and O–H groups in total. The zero-order valence-corrected chi connectivity index (χ0v) is 31.0. The lowest BCUT2D eigenvalue weighted by molar-refractivity contribution is -0.132. The second kappa shape index (κ2) is 36.3. The van der Waals surface area contributed by atoms with Gasteiger partial charge in [-0.25, -0.2) is 0 Å². The minimum absolute atomic E-state index is 0.343. The van der Waals surface area contributed by atoms with E-state index >= 15 is 0 Å². The first-order valence-electron chi connectivity index (χ1n) is 19.7. The largest absolute Gasteiger partial charge is 0.394 e. The Morgan fingerprint density at radius 3 is 1.44 bits per heavy atom. The van der Waals surface area contributed by atoms with Crippen molar-refractivity contribution >= 4 is 5.91 Å². The van der Waals surface area contributed by atoms with Gasteiger partial charge >= 0.3 is 0 Å². The molecule has 0 aromatic rings. The van der Waals surface area contributed by atoms with Gasteiger partial charge in [-0.15, -0.1) is 0 Å². The molecule has 0 aliphatic carbocycles. The van der Waals surface area contributed by atoms with E-state index in [1.165, 1.54) is 64.2 Å². The maximum Gasteiger partial charge on any atom is 0.249 e. The van der Waals surface area contributed by atoms with Crippen LogP contribution in [-0.4, -0.2) is 57.3 Å². The first kappa shape index (κ1) is 46.0. The number of nitrogens with one attached hydrogen (secondary N) is 1. The average molecular weight is 674 g/mol. The summed E-state index contributed by atoms with van der Waals surface area (Å²) in [6.07, 6.45) is 43.7. The molecule has 0 spiro atoms. The molecule has 0 bridgehead atoms. The monoisotopic (exact) mass is 674 g/mol. The van der Waals surface area contributed by atoms with Gasteiger partial charge in [0.05, 0.1) is 18.8 Å². The molecule has 0 rings (SSSR count). The van der Waals surface area contributed by atoms with Crippen LogP contribution in [-0.2, 0) is 4.79 Å². The summed E-state index contributed by atoms with van der Waals surface area (Å²) in [6.45, 7) is 3.95. The second-order valence-electron chi connectivity index (χ2n) is 13.2. The zero-order valence-electron chi connectivity index (χ0n) is 31.0. The molecule has 6 heteroatoms. The molecule has 0 saturated carbocycles. The number of rotatable bonds is 34. The van der Waals surface area contributed by atoms with Crippen molar-refractivity contribution in [1.29, 1.82) is 0 Å². The quantitative estimate of drug-likeness (QED) is 0.0345. The summed E-state index contributed by atoms with van der Waals surface area (Å²) in [6, 6.07) is -1.02. The first-order valence-corrected chi connectivity index (χ1v) is 19.7. The Hall–Kier alpha value is -1.99. The van der Waals surface area contributed by atoms with Crippen molar-refractivity contribution in [2.24, 2.45) is 0 Å². The van der Waals surface area contributed by atoms with Gasteiger partial charge < -0.3 is 25.7 Å². The fraction of sp³-hybridized carbons (Fsp3) is 0.738. The van der Waals surface area contributed by atoms with E-state index in [1.54, 1.807) is 0 Å². The first-order chi connectivity index (χ1) is 23.5. The third-order valence-electron chi connectivity index (χ3n) is 8.66. The van der Waals surface area contributed by atoms with Crippen molar-refractivity contribution in [3.63, 3.8) is 0 Å². The molecule has 278 valence electrons. The van der Waals surface area contributed by atoms with Gasteiger partial charge in [-0.2, -0.15) is 0 Å². The third-order valence-corrected chi connectivity index (χ3v) is 8.66. The number of hydrogen-bond donors (Lipinski definition) is 5. The Labute approximate surface area is 295 Å². The number of unbranched alkanes of at least 4 members (excludes halogenated alkanes) is 15. The van der Waals surface area contributed by atoms with Crippen LogP contribution in [0.4, 0.5) is 0 Å². The lowest BCUT2D eigenvalue weighted by atomic mass is 10.00. The Morgan fingerprint density at radius 2 is 0.938 bits per heavy atom. The van der Waals surface area contributed by atoms with Crippen molar-refractivity contribution in [3.8, 4) is 0 Å². The second-order valence-corrected chi connectivity index (χ2v) is 13.2. The van der Waals surface area contributed by atoms with Crippen molar-refractivity contribution in [2.45, 2.75) is 192 Å². The number of hydrogen-bond acceptors (Lipinski definition) is 5. The highest BCUT2D eigenvalue weighted by molar-refractivity contribution is 5.80. The molecule has 4 unspecified atom stereocenters. The lowest BCUT2D eigenvalue weighted by Gasteiger charge is -2.27. The van der Waals surface area contributed by atoms with Gasteiger partial charge in [0, 0.05) is 0 Å². The predicted molar refractivity (Wildman–Crippen MR) is 205 cm³/mol. The summed E-state index contributed by atoms with van der Waals surface area (Å²) in [7, 11) is 0. The van der Waals surface area contributed by atoms with Crippen molar-refractivity contribution < 1.29 is 25.2 Å². The van der Waals surface area contributed by atoms with E-state index in [1.807, 2.05) is 0 Å². The van der Waals surface area contributed by atoms with E-state index < -0.39 is 36.9 Å². The van der Waals surface area contributed by atoms with E-state index in [4.69, 9.17) is 0 Å². The molecule has 0 fully saturated rings. The smallest absolute Gasteiger partial charge is 0.249 e. The number of carbonyl (C=O) groups excluding carboxylic acids is 1. The van der Waals surface area contributed by atoms with E-state index in [0.29, 0.717) is 19.3 Å². The van der Waals surface area contributed by atoms with Crippen molar-refractivity contribution in [1.82, 2.24) is 5.32 Å². The van der Waals surface area contributed by atoms with Gasteiger partial charge in [0.15, 0.2) is 0 Å². The molecule has 0 aliphatic rings. The number of aliphatic hydroxyl groups excluding tert-OH is 4. The van der Waals surface area contributed by atoms with Gasteiger partial charge in [0.1, 0.15) is 12.2 Å². The summed E-state index contributed by atoms with van der Waals surface area (Å²) in [5.74, 6) is -0.612.